The number of carboxylic acids is 1. The van der Waals surface area contributed by atoms with E-state index in [0.717, 1.165) is 22.8 Å². The summed E-state index contributed by atoms with van der Waals surface area (Å²) in [6, 6.07) is 27.3. The standard InChI is InChI=1S/C30H24F2O3/c1-20-6-5-9-22(16-20)27-13-10-24(18-28(27)30(31)32)26-14-12-25(17-23(26)11-15-29(33)34)35-19-21-7-3-2-4-8-21/h2-18,30H,19H2,1H3,(H,33,34)/b15-11+. The second kappa shape index (κ2) is 10.8. The van der Waals surface area contributed by atoms with Crippen LogP contribution in [0.1, 0.15) is 28.7 Å². The van der Waals surface area contributed by atoms with Crippen LogP contribution in [-0.4, -0.2) is 11.1 Å². The number of ether oxygens (including phenoxy) is 1. The van der Waals surface area contributed by atoms with Crippen molar-refractivity contribution in [3.05, 3.63) is 119 Å². The van der Waals surface area contributed by atoms with Crippen molar-refractivity contribution in [2.24, 2.45) is 0 Å². The monoisotopic (exact) mass is 470 g/mol. The van der Waals surface area contributed by atoms with Crippen LogP contribution >= 0.6 is 0 Å². The fraction of sp³-hybridized carbons (Fsp3) is 0.100. The summed E-state index contributed by atoms with van der Waals surface area (Å²) in [6.45, 7) is 2.27. The molecule has 0 radical (unpaired) electrons. The summed E-state index contributed by atoms with van der Waals surface area (Å²) in [5.41, 5.74) is 4.85. The highest BCUT2D eigenvalue weighted by Crippen LogP contribution is 2.37. The summed E-state index contributed by atoms with van der Waals surface area (Å²) >= 11 is 0. The van der Waals surface area contributed by atoms with Crippen molar-refractivity contribution in [3.8, 4) is 28.0 Å². The first-order valence-electron chi connectivity index (χ1n) is 11.1. The van der Waals surface area contributed by atoms with Crippen LogP contribution in [0.2, 0.25) is 0 Å². The number of rotatable bonds is 8. The van der Waals surface area contributed by atoms with E-state index in [0.29, 0.717) is 34.6 Å². The summed E-state index contributed by atoms with van der Waals surface area (Å²) in [5, 5.41) is 9.14. The Morgan fingerprint density at radius 1 is 0.886 bits per heavy atom. The Labute approximate surface area is 203 Å². The third kappa shape index (κ3) is 6.01. The summed E-state index contributed by atoms with van der Waals surface area (Å²) in [6.07, 6.45) is -0.199. The maximum absolute atomic E-state index is 14.1. The molecule has 4 aromatic carbocycles. The van der Waals surface area contributed by atoms with Crippen molar-refractivity contribution in [1.29, 1.82) is 0 Å². The van der Waals surface area contributed by atoms with Gasteiger partial charge in [0.2, 0.25) is 0 Å². The molecule has 1 N–H and O–H groups in total. The zero-order valence-electron chi connectivity index (χ0n) is 19.1. The highest BCUT2D eigenvalue weighted by atomic mass is 19.3. The second-order valence-corrected chi connectivity index (χ2v) is 8.17. The first-order valence-corrected chi connectivity index (χ1v) is 11.1. The lowest BCUT2D eigenvalue weighted by Gasteiger charge is -2.15. The Hall–Kier alpha value is -4.25. The van der Waals surface area contributed by atoms with Crippen LogP contribution in [0.25, 0.3) is 28.3 Å². The van der Waals surface area contributed by atoms with Gasteiger partial charge >= 0.3 is 5.97 Å². The number of carboxylic acid groups (broad SMARTS) is 1. The minimum Gasteiger partial charge on any atom is -0.489 e. The normalized spacial score (nSPS) is 11.2. The summed E-state index contributed by atoms with van der Waals surface area (Å²) in [7, 11) is 0. The highest BCUT2D eigenvalue weighted by Gasteiger charge is 2.17. The molecule has 4 aromatic rings. The van der Waals surface area contributed by atoms with E-state index in [1.54, 1.807) is 30.3 Å². The van der Waals surface area contributed by atoms with Gasteiger partial charge in [-0.15, -0.1) is 0 Å². The minimum absolute atomic E-state index is 0.0781. The van der Waals surface area contributed by atoms with Gasteiger partial charge in [-0.1, -0.05) is 78.4 Å². The molecule has 0 atom stereocenters. The number of aryl methyl sites for hydroxylation is 1. The van der Waals surface area contributed by atoms with Crippen molar-refractivity contribution in [3.63, 3.8) is 0 Å². The molecule has 5 heteroatoms. The number of hydrogen-bond donors (Lipinski definition) is 1. The van der Waals surface area contributed by atoms with Gasteiger partial charge in [0, 0.05) is 11.6 Å². The van der Waals surface area contributed by atoms with Crippen LogP contribution < -0.4 is 4.74 Å². The molecule has 0 aliphatic carbocycles. The number of benzene rings is 4. The lowest BCUT2D eigenvalue weighted by Crippen LogP contribution is -1.97. The topological polar surface area (TPSA) is 46.5 Å². The van der Waals surface area contributed by atoms with Gasteiger partial charge in [0.25, 0.3) is 6.43 Å². The van der Waals surface area contributed by atoms with E-state index < -0.39 is 12.4 Å². The maximum Gasteiger partial charge on any atom is 0.328 e. The van der Waals surface area contributed by atoms with Crippen molar-refractivity contribution < 1.29 is 23.4 Å². The molecule has 0 bridgehead atoms. The molecule has 0 spiro atoms. The molecular weight excluding hydrogens is 446 g/mol. The molecule has 0 heterocycles. The molecule has 0 fully saturated rings. The molecule has 0 aromatic heterocycles. The van der Waals surface area contributed by atoms with Gasteiger partial charge in [-0.2, -0.15) is 0 Å². The van der Waals surface area contributed by atoms with E-state index in [4.69, 9.17) is 9.84 Å². The number of alkyl halides is 2. The molecular formula is C30H24F2O3. The highest BCUT2D eigenvalue weighted by molar-refractivity contribution is 5.88. The molecule has 4 rings (SSSR count). The first-order chi connectivity index (χ1) is 16.9. The SMILES string of the molecule is Cc1cccc(-c2ccc(-c3ccc(OCc4ccccc4)cc3/C=C/C(=O)O)cc2C(F)F)c1. The quantitative estimate of drug-likeness (QED) is 0.266. The first kappa shape index (κ1) is 23.9. The summed E-state index contributed by atoms with van der Waals surface area (Å²) < 4.78 is 34.0. The van der Waals surface area contributed by atoms with E-state index in [2.05, 4.69) is 0 Å². The fourth-order valence-corrected chi connectivity index (χ4v) is 3.92. The van der Waals surface area contributed by atoms with Gasteiger partial charge in [-0.3, -0.25) is 0 Å². The average Bonchev–Trinajstić information content (AvgIpc) is 2.86. The van der Waals surface area contributed by atoms with E-state index in [9.17, 15) is 13.6 Å². The predicted molar refractivity (Wildman–Crippen MR) is 134 cm³/mol. The summed E-state index contributed by atoms with van der Waals surface area (Å²) in [5.74, 6) is -0.553. The van der Waals surface area contributed by atoms with Crippen molar-refractivity contribution >= 4 is 12.0 Å². The smallest absolute Gasteiger partial charge is 0.328 e. The van der Waals surface area contributed by atoms with Crippen LogP contribution in [0.15, 0.2) is 97.1 Å². The Morgan fingerprint density at radius 2 is 1.63 bits per heavy atom. The number of halogens is 2. The van der Waals surface area contributed by atoms with Gasteiger partial charge in [0.15, 0.2) is 0 Å². The van der Waals surface area contributed by atoms with Crippen molar-refractivity contribution in [1.82, 2.24) is 0 Å². The fourth-order valence-electron chi connectivity index (χ4n) is 3.92. The third-order valence-electron chi connectivity index (χ3n) is 5.60. The minimum atomic E-state index is -2.67. The molecule has 3 nitrogen and oxygen atoms in total. The van der Waals surface area contributed by atoms with Gasteiger partial charge in [0.1, 0.15) is 12.4 Å². The molecule has 0 unspecified atom stereocenters. The lowest BCUT2D eigenvalue weighted by atomic mass is 9.92. The van der Waals surface area contributed by atoms with Crippen LogP contribution in [0.5, 0.6) is 5.75 Å². The molecule has 35 heavy (non-hydrogen) atoms. The molecule has 0 aliphatic rings. The second-order valence-electron chi connectivity index (χ2n) is 8.17. The van der Waals surface area contributed by atoms with Gasteiger partial charge in [0.05, 0.1) is 0 Å². The number of aliphatic carboxylic acids is 1. The number of hydrogen-bond acceptors (Lipinski definition) is 2. The Balaban J connectivity index is 1.73. The average molecular weight is 471 g/mol. The van der Waals surface area contributed by atoms with E-state index in [1.807, 2.05) is 61.5 Å². The number of carbonyl (C=O) groups is 1. The van der Waals surface area contributed by atoms with Crippen molar-refractivity contribution in [2.45, 2.75) is 20.0 Å². The van der Waals surface area contributed by atoms with Crippen LogP contribution in [0, 0.1) is 6.92 Å². The van der Waals surface area contributed by atoms with E-state index in [-0.39, 0.29) is 5.56 Å². The van der Waals surface area contributed by atoms with Gasteiger partial charge in [-0.25, -0.2) is 13.6 Å². The lowest BCUT2D eigenvalue weighted by molar-refractivity contribution is -0.131. The Kier molecular flexibility index (Phi) is 7.36. The molecule has 176 valence electrons. The third-order valence-corrected chi connectivity index (χ3v) is 5.60. The largest absolute Gasteiger partial charge is 0.489 e. The predicted octanol–water partition coefficient (Wildman–Crippen LogP) is 7.94. The molecule has 0 saturated carbocycles. The van der Waals surface area contributed by atoms with E-state index >= 15 is 0 Å². The molecule has 0 amide bonds. The van der Waals surface area contributed by atoms with Gasteiger partial charge < -0.3 is 9.84 Å². The van der Waals surface area contributed by atoms with E-state index in [1.165, 1.54) is 12.1 Å². The zero-order chi connectivity index (χ0) is 24.8. The van der Waals surface area contributed by atoms with Crippen LogP contribution in [0.3, 0.4) is 0 Å². The molecule has 0 aliphatic heterocycles. The maximum atomic E-state index is 14.1. The van der Waals surface area contributed by atoms with Gasteiger partial charge in [-0.05, 0) is 64.6 Å². The summed E-state index contributed by atoms with van der Waals surface area (Å²) in [4.78, 5) is 11.2. The Bertz CT molecular complexity index is 1360. The van der Waals surface area contributed by atoms with Crippen LogP contribution in [-0.2, 0) is 11.4 Å². The molecule has 0 saturated heterocycles. The Morgan fingerprint density at radius 3 is 2.34 bits per heavy atom. The van der Waals surface area contributed by atoms with Crippen LogP contribution in [0.4, 0.5) is 8.78 Å². The van der Waals surface area contributed by atoms with Crippen molar-refractivity contribution in [2.75, 3.05) is 0 Å². The zero-order valence-corrected chi connectivity index (χ0v) is 19.1.